The molecular formula is C123H144N4. The molecule has 19 rings (SSSR count). The summed E-state index contributed by atoms with van der Waals surface area (Å²) in [5.74, 6) is 0. The fourth-order valence-corrected chi connectivity index (χ4v) is 24.7. The summed E-state index contributed by atoms with van der Waals surface area (Å²) in [5.41, 5.74) is 31.6. The summed E-state index contributed by atoms with van der Waals surface area (Å²) in [6, 6.07) is 91.3. The van der Waals surface area contributed by atoms with Crippen LogP contribution >= 0.6 is 0 Å². The van der Waals surface area contributed by atoms with Crippen molar-refractivity contribution in [3.63, 3.8) is 0 Å². The molecule has 0 spiro atoms. The lowest BCUT2D eigenvalue weighted by Gasteiger charge is -2.51. The van der Waals surface area contributed by atoms with Crippen LogP contribution in [0, 0.1) is 13.8 Å². The highest BCUT2D eigenvalue weighted by atomic mass is 15.1. The molecule has 15 aromatic carbocycles. The highest BCUT2D eigenvalue weighted by Gasteiger charge is 2.55. The highest BCUT2D eigenvalue weighted by molar-refractivity contribution is 6.08. The first-order valence-electron chi connectivity index (χ1n) is 48.0. The lowest BCUT2D eigenvalue weighted by atomic mass is 9.52. The van der Waals surface area contributed by atoms with Gasteiger partial charge in [-0.15, -0.1) is 0 Å². The molecule has 0 bridgehead atoms. The van der Waals surface area contributed by atoms with E-state index in [-0.39, 0.29) is 54.1 Å². The van der Waals surface area contributed by atoms with Crippen LogP contribution in [-0.4, -0.2) is 28.2 Å². The Morgan fingerprint density at radius 3 is 1.14 bits per heavy atom. The minimum atomic E-state index is -0.0612. The largest absolute Gasteiger partial charge is 0.344 e. The van der Waals surface area contributed by atoms with Gasteiger partial charge in [-0.3, -0.25) is 0 Å². The second kappa shape index (κ2) is 32.2. The van der Waals surface area contributed by atoms with E-state index in [2.05, 4.69) is 470 Å². The van der Waals surface area contributed by atoms with Gasteiger partial charge in [0.1, 0.15) is 0 Å². The van der Waals surface area contributed by atoms with Crippen molar-refractivity contribution in [1.82, 2.24) is 0 Å². The maximum Gasteiger partial charge on any atom is 0.0529 e. The van der Waals surface area contributed by atoms with Gasteiger partial charge in [-0.2, -0.15) is 0 Å². The maximum atomic E-state index is 2.59. The molecule has 0 unspecified atom stereocenters. The number of anilines is 8. The van der Waals surface area contributed by atoms with Crippen LogP contribution in [-0.2, 0) is 67.0 Å². The lowest BCUT2D eigenvalue weighted by Crippen LogP contribution is -2.47. The third-order valence-electron chi connectivity index (χ3n) is 34.6. The van der Waals surface area contributed by atoms with Crippen LogP contribution in [0.5, 0.6) is 0 Å². The summed E-state index contributed by atoms with van der Waals surface area (Å²) in [4.78, 5) is 9.92. The molecule has 0 radical (unpaired) electrons. The molecule has 0 atom stereocenters. The average molecular weight is 1680 g/mol. The van der Waals surface area contributed by atoms with Crippen LogP contribution in [0.2, 0.25) is 0 Å². The van der Waals surface area contributed by atoms with Gasteiger partial charge < -0.3 is 19.6 Å². The summed E-state index contributed by atoms with van der Waals surface area (Å²) >= 11 is 0. The van der Waals surface area contributed by atoms with Gasteiger partial charge >= 0.3 is 0 Å². The van der Waals surface area contributed by atoms with Gasteiger partial charge in [0, 0.05) is 116 Å². The summed E-state index contributed by atoms with van der Waals surface area (Å²) < 4.78 is 0. The molecule has 0 aliphatic carbocycles. The average Bonchev–Trinajstić information content (AvgIpc) is 0.789. The number of nitrogens with zero attached hydrogens (tertiary/aromatic N) is 4. The molecule has 4 aliphatic heterocycles. The van der Waals surface area contributed by atoms with Gasteiger partial charge in [0.15, 0.2) is 0 Å². The Kier molecular flexibility index (Phi) is 22.7. The fourth-order valence-electron chi connectivity index (χ4n) is 24.7. The van der Waals surface area contributed by atoms with Crippen LogP contribution in [0.15, 0.2) is 243 Å². The monoisotopic (exact) mass is 1680 g/mol. The molecule has 4 heterocycles. The molecule has 656 valence electrons. The smallest absolute Gasteiger partial charge is 0.0529 e. The van der Waals surface area contributed by atoms with E-state index in [4.69, 9.17) is 0 Å². The standard InChI is InChI=1S/C32H43N.2C31H35N.C29H31N/c1-9-30(6,7)25-18-19-28-27(22-25)32(12-4,13-5)31(10-2,11-3)26-20-23-16-14-15-17-24(23)21-29(26)33(28)8;1-29(2,3)25-19-26-28(23-16-12-11-15-22(23)25)32(8)27-21-14-10-9-13-20(21)17-18-24(27)30(4,5)31(26,6)7;1-8-22-24-16-12-10-14-20(24)18-26-28(22)30(3,4)31(5,6)29-23(9-2)25-17-13-11-15-21(25)19-27(29)32(26)7;1-18-19(2)25-27(23-15-11-10-13-21(18)23)30(7)24-17-16-20-12-8-9-14-22(20)26(24)29(5,6)28(25,3)4/h14-22H,9-13H2,1-8H3;9-19H,1-8H3;10-19H,8-9H2,1-7H3;8-17H,1-7H3. The molecule has 4 nitrogen and oxygen atoms in total. The number of fused-ring (bicyclic) bond motifs is 19. The zero-order valence-electron chi connectivity index (χ0n) is 82.8. The zero-order valence-corrected chi connectivity index (χ0v) is 82.8. The third kappa shape index (κ3) is 13.4. The summed E-state index contributed by atoms with van der Waals surface area (Å²) in [6.07, 6.45) is 7.80. The van der Waals surface area contributed by atoms with Crippen molar-refractivity contribution in [2.24, 2.45) is 0 Å². The van der Waals surface area contributed by atoms with Crippen LogP contribution in [0.25, 0.3) is 75.4 Å². The minimum absolute atomic E-state index is 0.0381. The van der Waals surface area contributed by atoms with Crippen molar-refractivity contribution < 1.29 is 0 Å². The molecule has 0 fully saturated rings. The second-order valence-corrected chi connectivity index (χ2v) is 42.9. The Bertz CT molecular complexity index is 6720. The van der Waals surface area contributed by atoms with Gasteiger partial charge in [0.05, 0.1) is 17.1 Å². The molecule has 0 N–H and O–H groups in total. The maximum absolute atomic E-state index is 2.59. The third-order valence-corrected chi connectivity index (χ3v) is 34.6. The lowest BCUT2D eigenvalue weighted by molar-refractivity contribution is 0.179. The number of rotatable bonds is 8. The van der Waals surface area contributed by atoms with Crippen molar-refractivity contribution in [2.75, 3.05) is 47.8 Å². The van der Waals surface area contributed by atoms with E-state index in [0.717, 1.165) is 44.9 Å². The SMILES string of the molecule is CCC(C)(C)c1ccc2c(c1)C(CC)(CC)C(CC)(CC)c1cc3ccccc3cc1N2C.CCc1c2c(cc3ccccc13)N(C)c1cc3ccccc3c(CC)c1C(C)(C)C2(C)C.CN1c2c(ccc3ccccc23)C(C)(C)C(C)(C)c2cc(C(C)(C)C)c3ccccc3c21.Cc1c2c(c3ccccc3c1C)N(C)c1ccc3ccccc3c1C(C)(C)C2(C)C. The number of hydrogen-bond acceptors (Lipinski definition) is 4. The number of aryl methyl sites for hydroxylation is 3. The fraction of sp³-hybridized carbons (Fsp3) is 0.382. The molecule has 0 saturated carbocycles. The van der Waals surface area contributed by atoms with E-state index < -0.39 is 0 Å². The van der Waals surface area contributed by atoms with E-state index in [1.165, 1.54) is 193 Å². The van der Waals surface area contributed by atoms with E-state index in [1.54, 1.807) is 5.56 Å². The summed E-state index contributed by atoms with van der Waals surface area (Å²) in [7, 11) is 9.09. The Balaban J connectivity index is 0.000000125. The second-order valence-electron chi connectivity index (χ2n) is 42.9. The molecule has 15 aromatic rings. The van der Waals surface area contributed by atoms with Crippen molar-refractivity contribution in [3.8, 4) is 0 Å². The molecular weight excluding hydrogens is 1530 g/mol. The van der Waals surface area contributed by atoms with E-state index in [9.17, 15) is 0 Å². The van der Waals surface area contributed by atoms with Crippen LogP contribution in [0.3, 0.4) is 0 Å². The van der Waals surface area contributed by atoms with E-state index >= 15 is 0 Å². The summed E-state index contributed by atoms with van der Waals surface area (Å²) in [6.45, 7) is 62.4. The normalized spacial score (nSPS) is 16.9. The van der Waals surface area contributed by atoms with Crippen molar-refractivity contribution in [1.29, 1.82) is 0 Å². The number of hydrogen-bond donors (Lipinski definition) is 0. The highest BCUT2D eigenvalue weighted by Crippen LogP contribution is 2.65. The van der Waals surface area contributed by atoms with Gasteiger partial charge in [-0.1, -0.05) is 372 Å². The Hall–Kier alpha value is -10.7. The quantitative estimate of drug-likeness (QED) is 0.150. The topological polar surface area (TPSA) is 13.0 Å². The van der Waals surface area contributed by atoms with E-state index in [1.807, 2.05) is 0 Å². The first-order valence-corrected chi connectivity index (χ1v) is 48.0. The predicted molar refractivity (Wildman–Crippen MR) is 559 cm³/mol. The van der Waals surface area contributed by atoms with Crippen LogP contribution in [0.1, 0.15) is 276 Å². The summed E-state index contributed by atoms with van der Waals surface area (Å²) in [5, 5.41) is 18.9. The molecule has 0 aromatic heterocycles. The van der Waals surface area contributed by atoms with Crippen molar-refractivity contribution in [2.45, 2.75) is 279 Å². The van der Waals surface area contributed by atoms with Crippen LogP contribution < -0.4 is 19.6 Å². The molecule has 0 amide bonds. The molecule has 0 saturated heterocycles. The predicted octanol–water partition coefficient (Wildman–Crippen LogP) is 34.5. The van der Waals surface area contributed by atoms with Gasteiger partial charge in [0.2, 0.25) is 0 Å². The van der Waals surface area contributed by atoms with Gasteiger partial charge in [0.25, 0.3) is 0 Å². The Labute approximate surface area is 763 Å². The van der Waals surface area contributed by atoms with E-state index in [0.29, 0.717) is 0 Å². The molecule has 4 aliphatic rings. The zero-order chi connectivity index (χ0) is 91.3. The molecule has 4 heteroatoms. The van der Waals surface area contributed by atoms with Crippen molar-refractivity contribution in [3.05, 3.63) is 321 Å². The first kappa shape index (κ1) is 89.7. The van der Waals surface area contributed by atoms with Gasteiger partial charge in [-0.25, -0.2) is 0 Å². The number of benzene rings is 15. The van der Waals surface area contributed by atoms with Crippen molar-refractivity contribution >= 4 is 121 Å². The first-order chi connectivity index (χ1) is 60.1. The minimum Gasteiger partial charge on any atom is -0.344 e. The molecule has 127 heavy (non-hydrogen) atoms. The van der Waals surface area contributed by atoms with Gasteiger partial charge in [-0.05, 0) is 243 Å². The van der Waals surface area contributed by atoms with Crippen LogP contribution in [0.4, 0.5) is 45.5 Å². The Morgan fingerprint density at radius 1 is 0.260 bits per heavy atom. The Morgan fingerprint density at radius 2 is 0.638 bits per heavy atom.